The van der Waals surface area contributed by atoms with E-state index in [-0.39, 0.29) is 0 Å². The van der Waals surface area contributed by atoms with Crippen molar-refractivity contribution in [2.45, 2.75) is 39.3 Å². The van der Waals surface area contributed by atoms with Crippen LogP contribution in [0.15, 0.2) is 18.5 Å². The van der Waals surface area contributed by atoms with Crippen molar-refractivity contribution >= 4 is 0 Å². The van der Waals surface area contributed by atoms with Gasteiger partial charge in [-0.15, -0.1) is 0 Å². The highest BCUT2D eigenvalue weighted by Gasteiger charge is 2.02. The van der Waals surface area contributed by atoms with Crippen LogP contribution in [0.1, 0.15) is 38.3 Å². The molecule has 0 unspecified atom stereocenters. The zero-order valence-electron chi connectivity index (χ0n) is 10.7. The van der Waals surface area contributed by atoms with Crippen LogP contribution >= 0.6 is 0 Å². The van der Waals surface area contributed by atoms with E-state index in [2.05, 4.69) is 42.2 Å². The summed E-state index contributed by atoms with van der Waals surface area (Å²) in [5.41, 5.74) is 1.36. The summed E-state index contributed by atoms with van der Waals surface area (Å²) in [6.07, 6.45) is 6.65. The first-order valence-electron chi connectivity index (χ1n) is 6.14. The summed E-state index contributed by atoms with van der Waals surface area (Å²) in [5, 5.41) is 3.41. The van der Waals surface area contributed by atoms with Crippen molar-refractivity contribution in [3.8, 4) is 0 Å². The molecule has 3 heteroatoms. The maximum atomic E-state index is 5.00. The number of aromatic nitrogens is 1. The third-order valence-electron chi connectivity index (χ3n) is 2.91. The van der Waals surface area contributed by atoms with Crippen LogP contribution in [-0.4, -0.2) is 24.8 Å². The normalized spacial score (nSPS) is 12.9. The highest BCUT2D eigenvalue weighted by molar-refractivity contribution is 5.10. The van der Waals surface area contributed by atoms with Crippen LogP contribution in [0, 0.1) is 0 Å². The Bertz CT molecular complexity index is 283. The number of ether oxygens (including phenoxy) is 1. The van der Waals surface area contributed by atoms with E-state index in [4.69, 9.17) is 4.74 Å². The van der Waals surface area contributed by atoms with Crippen LogP contribution in [-0.2, 0) is 11.3 Å². The molecule has 0 fully saturated rings. The zero-order chi connectivity index (χ0) is 11.8. The van der Waals surface area contributed by atoms with Crippen molar-refractivity contribution in [3.63, 3.8) is 0 Å². The van der Waals surface area contributed by atoms with Crippen LogP contribution in [0.2, 0.25) is 0 Å². The fourth-order valence-electron chi connectivity index (χ4n) is 1.62. The number of hydrogen-bond acceptors (Lipinski definition) is 2. The van der Waals surface area contributed by atoms with Gasteiger partial charge in [-0.25, -0.2) is 0 Å². The molecule has 0 aliphatic heterocycles. The molecule has 1 heterocycles. The maximum Gasteiger partial charge on any atom is 0.0474 e. The second-order valence-electron chi connectivity index (χ2n) is 4.25. The number of hydrogen-bond donors (Lipinski definition) is 1. The standard InChI is InChI=1S/C13H24N2O/c1-4-12(2)15-8-6-13(11-15)10-14-7-5-9-16-3/h6,8,11-12,14H,4-5,7,9-10H2,1-3H3/t12-/m0/s1. The summed E-state index contributed by atoms with van der Waals surface area (Å²) in [6, 6.07) is 2.79. The van der Waals surface area contributed by atoms with Gasteiger partial charge in [0.1, 0.15) is 0 Å². The molecule has 0 spiro atoms. The van der Waals surface area contributed by atoms with Gasteiger partial charge in [0.15, 0.2) is 0 Å². The smallest absolute Gasteiger partial charge is 0.0474 e. The van der Waals surface area contributed by atoms with Gasteiger partial charge in [0.05, 0.1) is 0 Å². The second-order valence-corrected chi connectivity index (χ2v) is 4.25. The third-order valence-corrected chi connectivity index (χ3v) is 2.91. The van der Waals surface area contributed by atoms with Gasteiger partial charge in [0.25, 0.3) is 0 Å². The summed E-state index contributed by atoms with van der Waals surface area (Å²) < 4.78 is 7.28. The lowest BCUT2D eigenvalue weighted by molar-refractivity contribution is 0.194. The molecule has 1 N–H and O–H groups in total. The first-order chi connectivity index (χ1) is 7.77. The topological polar surface area (TPSA) is 26.2 Å². The van der Waals surface area contributed by atoms with E-state index in [9.17, 15) is 0 Å². The van der Waals surface area contributed by atoms with Gasteiger partial charge in [-0.3, -0.25) is 0 Å². The van der Waals surface area contributed by atoms with E-state index in [0.717, 1.165) is 26.1 Å². The molecule has 0 bridgehead atoms. The van der Waals surface area contributed by atoms with Crippen LogP contribution in [0.3, 0.4) is 0 Å². The van der Waals surface area contributed by atoms with Crippen molar-refractivity contribution in [2.75, 3.05) is 20.3 Å². The summed E-state index contributed by atoms with van der Waals surface area (Å²) in [6.45, 7) is 7.26. The minimum Gasteiger partial charge on any atom is -0.385 e. The molecule has 0 aromatic carbocycles. The molecule has 0 aliphatic carbocycles. The Morgan fingerprint density at radius 2 is 2.31 bits per heavy atom. The molecule has 1 aromatic rings. The Morgan fingerprint density at radius 1 is 1.50 bits per heavy atom. The minimum atomic E-state index is 0.599. The molecule has 0 radical (unpaired) electrons. The molecule has 16 heavy (non-hydrogen) atoms. The SMILES string of the molecule is CC[C@H](C)n1ccc(CNCCCOC)c1. The van der Waals surface area contributed by atoms with Crippen LogP contribution < -0.4 is 5.32 Å². The minimum absolute atomic E-state index is 0.599. The predicted molar refractivity (Wildman–Crippen MR) is 67.6 cm³/mol. The van der Waals surface area contributed by atoms with Crippen molar-refractivity contribution in [1.82, 2.24) is 9.88 Å². The van der Waals surface area contributed by atoms with E-state index >= 15 is 0 Å². The average molecular weight is 224 g/mol. The second kappa shape index (κ2) is 7.47. The quantitative estimate of drug-likeness (QED) is 0.687. The predicted octanol–water partition coefficient (Wildman–Crippen LogP) is 2.59. The fraction of sp³-hybridized carbons (Fsp3) is 0.692. The molecule has 3 nitrogen and oxygen atoms in total. The van der Waals surface area contributed by atoms with Gasteiger partial charge >= 0.3 is 0 Å². The Hall–Kier alpha value is -0.800. The number of methoxy groups -OCH3 is 1. The molecule has 0 aliphatic rings. The highest BCUT2D eigenvalue weighted by Crippen LogP contribution is 2.12. The van der Waals surface area contributed by atoms with Crippen molar-refractivity contribution in [1.29, 1.82) is 0 Å². The summed E-state index contributed by atoms with van der Waals surface area (Å²) >= 11 is 0. The number of nitrogens with zero attached hydrogens (tertiary/aromatic N) is 1. The Morgan fingerprint density at radius 3 is 3.00 bits per heavy atom. The van der Waals surface area contributed by atoms with Crippen molar-refractivity contribution in [3.05, 3.63) is 24.0 Å². The number of rotatable bonds is 8. The maximum absolute atomic E-state index is 5.00. The van der Waals surface area contributed by atoms with E-state index in [1.165, 1.54) is 12.0 Å². The molecular formula is C13H24N2O. The first-order valence-corrected chi connectivity index (χ1v) is 6.14. The molecular weight excluding hydrogens is 200 g/mol. The van der Waals surface area contributed by atoms with Gasteiger partial charge in [-0.05, 0) is 37.9 Å². The third kappa shape index (κ3) is 4.37. The summed E-state index contributed by atoms with van der Waals surface area (Å²) in [7, 11) is 1.74. The Labute approximate surface area is 98.8 Å². The van der Waals surface area contributed by atoms with Gasteiger partial charge in [0, 0.05) is 38.7 Å². The fourth-order valence-corrected chi connectivity index (χ4v) is 1.62. The Balaban J connectivity index is 2.24. The molecule has 0 amide bonds. The molecule has 1 rings (SSSR count). The lowest BCUT2D eigenvalue weighted by Gasteiger charge is -2.10. The van der Waals surface area contributed by atoms with Crippen molar-refractivity contribution < 1.29 is 4.74 Å². The van der Waals surface area contributed by atoms with Crippen LogP contribution in [0.4, 0.5) is 0 Å². The summed E-state index contributed by atoms with van der Waals surface area (Å²) in [4.78, 5) is 0. The van der Waals surface area contributed by atoms with E-state index in [0.29, 0.717) is 6.04 Å². The van der Waals surface area contributed by atoms with Gasteiger partial charge in [0.2, 0.25) is 0 Å². The van der Waals surface area contributed by atoms with E-state index < -0.39 is 0 Å². The molecule has 1 atom stereocenters. The Kier molecular flexibility index (Phi) is 6.19. The lowest BCUT2D eigenvalue weighted by Crippen LogP contribution is -2.15. The average Bonchev–Trinajstić information content (AvgIpc) is 2.76. The van der Waals surface area contributed by atoms with Gasteiger partial charge in [-0.1, -0.05) is 6.92 Å². The molecule has 1 aromatic heterocycles. The van der Waals surface area contributed by atoms with E-state index in [1.54, 1.807) is 7.11 Å². The van der Waals surface area contributed by atoms with Crippen LogP contribution in [0.25, 0.3) is 0 Å². The lowest BCUT2D eigenvalue weighted by atomic mass is 10.2. The highest BCUT2D eigenvalue weighted by atomic mass is 16.5. The van der Waals surface area contributed by atoms with Crippen molar-refractivity contribution in [2.24, 2.45) is 0 Å². The largest absolute Gasteiger partial charge is 0.385 e. The molecule has 92 valence electrons. The summed E-state index contributed by atoms with van der Waals surface area (Å²) in [5.74, 6) is 0. The zero-order valence-corrected chi connectivity index (χ0v) is 10.7. The van der Waals surface area contributed by atoms with Crippen LogP contribution in [0.5, 0.6) is 0 Å². The molecule has 0 saturated heterocycles. The monoisotopic (exact) mass is 224 g/mol. The van der Waals surface area contributed by atoms with Gasteiger partial charge < -0.3 is 14.6 Å². The van der Waals surface area contributed by atoms with E-state index in [1.807, 2.05) is 0 Å². The molecule has 0 saturated carbocycles. The first kappa shape index (κ1) is 13.3. The number of nitrogens with one attached hydrogen (secondary N) is 1. The van der Waals surface area contributed by atoms with Gasteiger partial charge in [-0.2, -0.15) is 0 Å².